The Morgan fingerprint density at radius 1 is 1.29 bits per heavy atom. The summed E-state index contributed by atoms with van der Waals surface area (Å²) in [4.78, 5) is 41.5. The van der Waals surface area contributed by atoms with Gasteiger partial charge < -0.3 is 4.74 Å². The maximum Gasteiger partial charge on any atom is 0.321 e. The Hall–Kier alpha value is -2.27. The van der Waals surface area contributed by atoms with E-state index in [9.17, 15) is 14.4 Å². The van der Waals surface area contributed by atoms with E-state index in [1.165, 1.54) is 0 Å². The van der Waals surface area contributed by atoms with Gasteiger partial charge in [-0.3, -0.25) is 19.3 Å². The lowest BCUT2D eigenvalue weighted by molar-refractivity contribution is -0.164. The van der Waals surface area contributed by atoms with Gasteiger partial charge in [0, 0.05) is 23.5 Å². The molecule has 3 rings (SSSR count). The molecule has 0 radical (unpaired) electrons. The highest BCUT2D eigenvalue weighted by Crippen LogP contribution is 2.52. The molecule has 0 N–H and O–H groups in total. The maximum absolute atomic E-state index is 13.7. The molecular weight excluding hydrogens is 390 g/mol. The normalized spacial score (nSPS) is 30.7. The lowest BCUT2D eigenvalue weighted by atomic mass is 9.64. The predicted octanol–water partition coefficient (Wildman–Crippen LogP) is 4.20. The van der Waals surface area contributed by atoms with Crippen molar-refractivity contribution in [3.63, 3.8) is 0 Å². The minimum absolute atomic E-state index is 0.0205. The molecule has 5 heteroatoms. The molecule has 1 saturated carbocycles. The van der Waals surface area contributed by atoms with Gasteiger partial charge in [-0.05, 0) is 64.1 Å². The number of allylic oxidation sites excluding steroid dienone is 4. The van der Waals surface area contributed by atoms with E-state index in [2.05, 4.69) is 13.2 Å². The van der Waals surface area contributed by atoms with Crippen LogP contribution >= 0.6 is 0 Å². The first-order chi connectivity index (χ1) is 14.5. The van der Waals surface area contributed by atoms with Crippen LogP contribution in [0, 0.1) is 17.8 Å². The summed E-state index contributed by atoms with van der Waals surface area (Å²) in [7, 11) is 0. The van der Waals surface area contributed by atoms with Gasteiger partial charge in [-0.15, -0.1) is 0 Å². The summed E-state index contributed by atoms with van der Waals surface area (Å²) in [5.41, 5.74) is 2.34. The Morgan fingerprint density at radius 3 is 2.52 bits per heavy atom. The summed E-state index contributed by atoms with van der Waals surface area (Å²) in [5, 5.41) is 0. The average Bonchev–Trinajstić information content (AvgIpc) is 2.89. The molecule has 31 heavy (non-hydrogen) atoms. The van der Waals surface area contributed by atoms with Crippen molar-refractivity contribution in [2.45, 2.75) is 59.5 Å². The summed E-state index contributed by atoms with van der Waals surface area (Å²) in [6.45, 7) is 19.4. The molecule has 0 saturated heterocycles. The summed E-state index contributed by atoms with van der Waals surface area (Å²) in [6.07, 6.45) is 3.86. The SMILES string of the molecule is C=C1CC[C@H](C(=C)C)[C@H]2C=C(C)C(=O)C3=C(C(=O)[C@@](C)(OC(=O)CN(CC)CC)C3)[C@H]12. The number of esters is 1. The van der Waals surface area contributed by atoms with E-state index in [1.54, 1.807) is 6.92 Å². The molecule has 0 aliphatic heterocycles. The number of fused-ring (bicyclic) bond motifs is 2. The number of nitrogens with zero attached hydrogens (tertiary/aromatic N) is 1. The molecular formula is C26H35NO4. The minimum Gasteiger partial charge on any atom is -0.450 e. The maximum atomic E-state index is 13.7. The fourth-order valence-electron chi connectivity index (χ4n) is 5.44. The Bertz CT molecular complexity index is 904. The lowest BCUT2D eigenvalue weighted by Gasteiger charge is -2.39. The van der Waals surface area contributed by atoms with Gasteiger partial charge in [0.25, 0.3) is 0 Å². The summed E-state index contributed by atoms with van der Waals surface area (Å²) < 4.78 is 5.76. The second kappa shape index (κ2) is 8.70. The number of hydrogen-bond acceptors (Lipinski definition) is 5. The van der Waals surface area contributed by atoms with Crippen LogP contribution in [0.1, 0.15) is 53.9 Å². The molecule has 0 bridgehead atoms. The van der Waals surface area contributed by atoms with E-state index in [4.69, 9.17) is 4.74 Å². The van der Waals surface area contributed by atoms with Crippen molar-refractivity contribution in [2.75, 3.05) is 19.6 Å². The van der Waals surface area contributed by atoms with E-state index >= 15 is 0 Å². The molecule has 0 heterocycles. The van der Waals surface area contributed by atoms with Crippen molar-refractivity contribution in [1.29, 1.82) is 0 Å². The number of carbonyl (C=O) groups is 3. The van der Waals surface area contributed by atoms with Crippen LogP contribution in [0.3, 0.4) is 0 Å². The van der Waals surface area contributed by atoms with Crippen molar-refractivity contribution >= 4 is 17.5 Å². The van der Waals surface area contributed by atoms with Crippen LogP contribution in [0.25, 0.3) is 0 Å². The lowest BCUT2D eigenvalue weighted by Crippen LogP contribution is -2.43. The third-order valence-electron chi connectivity index (χ3n) is 7.23. The zero-order valence-corrected chi connectivity index (χ0v) is 19.5. The van der Waals surface area contributed by atoms with Crippen LogP contribution in [0.5, 0.6) is 0 Å². The van der Waals surface area contributed by atoms with Crippen LogP contribution < -0.4 is 0 Å². The molecule has 168 valence electrons. The van der Waals surface area contributed by atoms with Gasteiger partial charge in [0.05, 0.1) is 6.54 Å². The smallest absolute Gasteiger partial charge is 0.321 e. The number of hydrogen-bond donors (Lipinski definition) is 0. The summed E-state index contributed by atoms with van der Waals surface area (Å²) in [5.74, 6) is -0.860. The van der Waals surface area contributed by atoms with Gasteiger partial charge in [0.1, 0.15) is 0 Å². The van der Waals surface area contributed by atoms with Gasteiger partial charge in [0.15, 0.2) is 11.4 Å². The van der Waals surface area contributed by atoms with E-state index in [0.29, 0.717) is 16.7 Å². The largest absolute Gasteiger partial charge is 0.450 e. The predicted molar refractivity (Wildman–Crippen MR) is 121 cm³/mol. The number of ketones is 2. The average molecular weight is 426 g/mol. The molecule has 0 amide bonds. The Balaban J connectivity index is 1.98. The van der Waals surface area contributed by atoms with Crippen molar-refractivity contribution in [2.24, 2.45) is 17.8 Å². The van der Waals surface area contributed by atoms with Crippen LogP contribution in [0.2, 0.25) is 0 Å². The number of Topliss-reactive ketones (excluding diaryl/α,β-unsaturated/α-hetero) is 2. The first-order valence-electron chi connectivity index (χ1n) is 11.3. The molecule has 5 nitrogen and oxygen atoms in total. The van der Waals surface area contributed by atoms with Crippen LogP contribution in [-0.2, 0) is 19.1 Å². The van der Waals surface area contributed by atoms with Crippen molar-refractivity contribution in [1.82, 2.24) is 4.90 Å². The van der Waals surface area contributed by atoms with E-state index in [-0.39, 0.29) is 42.3 Å². The Morgan fingerprint density at radius 2 is 1.94 bits per heavy atom. The molecule has 3 aliphatic carbocycles. The van der Waals surface area contributed by atoms with E-state index < -0.39 is 11.6 Å². The van der Waals surface area contributed by atoms with Gasteiger partial charge in [-0.1, -0.05) is 44.2 Å². The summed E-state index contributed by atoms with van der Waals surface area (Å²) in [6, 6.07) is 0. The van der Waals surface area contributed by atoms with Crippen molar-refractivity contribution in [3.05, 3.63) is 47.1 Å². The molecule has 0 unspecified atom stereocenters. The monoisotopic (exact) mass is 425 g/mol. The van der Waals surface area contributed by atoms with Gasteiger partial charge in [-0.2, -0.15) is 0 Å². The highest BCUT2D eigenvalue weighted by molar-refractivity contribution is 6.19. The van der Waals surface area contributed by atoms with Crippen LogP contribution in [-0.4, -0.2) is 47.7 Å². The third kappa shape index (κ3) is 4.12. The standard InChI is InChI=1S/C26H35NO4/c1-8-27(9-2)14-21(28)31-26(7)13-20-23(25(26)30)22-16(5)10-11-18(15(3)4)19(22)12-17(6)24(20)29/h12,18-19,22H,3,5,8-11,13-14H2,1-2,4,6-7H3/t18-,19-,22-,26+/m1/s1. The quantitative estimate of drug-likeness (QED) is 0.471. The van der Waals surface area contributed by atoms with Crippen molar-refractivity contribution in [3.8, 4) is 0 Å². The molecule has 4 atom stereocenters. The number of rotatable bonds is 6. The van der Waals surface area contributed by atoms with Crippen molar-refractivity contribution < 1.29 is 19.1 Å². The van der Waals surface area contributed by atoms with Gasteiger partial charge >= 0.3 is 5.97 Å². The zero-order valence-electron chi connectivity index (χ0n) is 19.5. The highest BCUT2D eigenvalue weighted by Gasteiger charge is 2.54. The second-order valence-corrected chi connectivity index (χ2v) is 9.45. The van der Waals surface area contributed by atoms with Crippen LogP contribution in [0.4, 0.5) is 0 Å². The molecule has 3 aliphatic rings. The number of likely N-dealkylation sites (N-methyl/N-ethyl adjacent to an activating group) is 1. The third-order valence-corrected chi connectivity index (χ3v) is 7.23. The minimum atomic E-state index is -1.34. The first kappa shape index (κ1) is 23.4. The Kier molecular flexibility index (Phi) is 6.56. The number of carbonyl (C=O) groups excluding carboxylic acids is 3. The van der Waals surface area contributed by atoms with E-state index in [0.717, 1.165) is 37.1 Å². The Labute approximate surface area is 185 Å². The highest BCUT2D eigenvalue weighted by atomic mass is 16.6. The van der Waals surface area contributed by atoms with E-state index in [1.807, 2.05) is 38.7 Å². The number of ether oxygens (including phenoxy) is 1. The molecule has 0 spiro atoms. The zero-order chi connectivity index (χ0) is 23.1. The van der Waals surface area contributed by atoms with Crippen LogP contribution in [0.15, 0.2) is 47.1 Å². The fraction of sp³-hybridized carbons (Fsp3) is 0.577. The molecule has 0 aromatic heterocycles. The second-order valence-electron chi connectivity index (χ2n) is 9.45. The molecule has 0 aromatic rings. The fourth-order valence-corrected chi connectivity index (χ4v) is 5.44. The van der Waals surface area contributed by atoms with Gasteiger partial charge in [0.2, 0.25) is 5.78 Å². The summed E-state index contributed by atoms with van der Waals surface area (Å²) >= 11 is 0. The topological polar surface area (TPSA) is 63.7 Å². The van der Waals surface area contributed by atoms with Gasteiger partial charge in [-0.25, -0.2) is 0 Å². The molecule has 0 aromatic carbocycles. The molecule has 1 fully saturated rings. The first-order valence-corrected chi connectivity index (χ1v) is 11.3.